The van der Waals surface area contributed by atoms with E-state index in [1.54, 1.807) is 0 Å². The second-order valence-electron chi connectivity index (χ2n) is 2.97. The molecule has 2 atom stereocenters. The van der Waals surface area contributed by atoms with Gasteiger partial charge in [0.15, 0.2) is 0 Å². The van der Waals surface area contributed by atoms with Gasteiger partial charge >= 0.3 is 0 Å². The van der Waals surface area contributed by atoms with Gasteiger partial charge in [0, 0.05) is 17.4 Å². The molecular formula is C7H15NOS. The molecule has 60 valence electrons. The van der Waals surface area contributed by atoms with E-state index in [-0.39, 0.29) is 12.1 Å². The molecule has 0 aromatic carbocycles. The van der Waals surface area contributed by atoms with Crippen molar-refractivity contribution < 1.29 is 5.11 Å². The Bertz CT molecular complexity index is 120. The van der Waals surface area contributed by atoms with E-state index in [0.29, 0.717) is 5.25 Å². The minimum Gasteiger partial charge on any atom is -0.396 e. The quantitative estimate of drug-likeness (QED) is 0.623. The number of aliphatic hydroxyl groups is 1. The van der Waals surface area contributed by atoms with Crippen LogP contribution in [0.25, 0.3) is 0 Å². The summed E-state index contributed by atoms with van der Waals surface area (Å²) in [6.07, 6.45) is 1.81. The standard InChI is InChI=1S/C7H15NOS/c1-6-7(8,2-4-9)3-5-10-6/h6,9H,2-5,8H2,1H3. The predicted octanol–water partition coefficient (Wildman–Crippen LogP) is 0.592. The van der Waals surface area contributed by atoms with Crippen LogP contribution in [0.3, 0.4) is 0 Å². The third-order valence-corrected chi connectivity index (χ3v) is 3.73. The Morgan fingerprint density at radius 1 is 1.80 bits per heavy atom. The van der Waals surface area contributed by atoms with Gasteiger partial charge in [-0.3, -0.25) is 0 Å². The Labute approximate surface area is 66.2 Å². The van der Waals surface area contributed by atoms with E-state index in [9.17, 15) is 0 Å². The van der Waals surface area contributed by atoms with Gasteiger partial charge in [-0.1, -0.05) is 6.92 Å². The van der Waals surface area contributed by atoms with Crippen LogP contribution in [0.5, 0.6) is 0 Å². The van der Waals surface area contributed by atoms with Gasteiger partial charge in [0.05, 0.1) is 0 Å². The predicted molar refractivity (Wildman–Crippen MR) is 45.2 cm³/mol. The lowest BCUT2D eigenvalue weighted by Crippen LogP contribution is -2.45. The van der Waals surface area contributed by atoms with Crippen LogP contribution in [0.15, 0.2) is 0 Å². The molecule has 1 heterocycles. The summed E-state index contributed by atoms with van der Waals surface area (Å²) in [5, 5.41) is 9.23. The maximum atomic E-state index is 8.72. The Morgan fingerprint density at radius 3 is 2.90 bits per heavy atom. The Morgan fingerprint density at radius 2 is 2.50 bits per heavy atom. The van der Waals surface area contributed by atoms with Crippen LogP contribution >= 0.6 is 11.8 Å². The Hall–Kier alpha value is 0.270. The molecule has 2 unspecified atom stereocenters. The van der Waals surface area contributed by atoms with E-state index < -0.39 is 0 Å². The fourth-order valence-corrected chi connectivity index (χ4v) is 2.75. The summed E-state index contributed by atoms with van der Waals surface area (Å²) in [7, 11) is 0. The van der Waals surface area contributed by atoms with Crippen molar-refractivity contribution in [1.29, 1.82) is 0 Å². The van der Waals surface area contributed by atoms with Crippen molar-refractivity contribution in [1.82, 2.24) is 0 Å². The first-order valence-corrected chi connectivity index (χ1v) is 4.75. The highest BCUT2D eigenvalue weighted by Crippen LogP contribution is 2.35. The topological polar surface area (TPSA) is 46.2 Å². The van der Waals surface area contributed by atoms with Crippen LogP contribution in [-0.2, 0) is 0 Å². The lowest BCUT2D eigenvalue weighted by molar-refractivity contribution is 0.238. The second-order valence-corrected chi connectivity index (χ2v) is 4.42. The van der Waals surface area contributed by atoms with Gasteiger partial charge in [0.2, 0.25) is 0 Å². The molecule has 0 aromatic heterocycles. The minimum atomic E-state index is -0.0839. The fraction of sp³-hybridized carbons (Fsp3) is 1.00. The van der Waals surface area contributed by atoms with Gasteiger partial charge in [-0.2, -0.15) is 11.8 Å². The molecule has 3 heteroatoms. The van der Waals surface area contributed by atoms with Gasteiger partial charge in [0.25, 0.3) is 0 Å². The first-order valence-electron chi connectivity index (χ1n) is 3.70. The van der Waals surface area contributed by atoms with Gasteiger partial charge in [0.1, 0.15) is 0 Å². The van der Waals surface area contributed by atoms with Crippen LogP contribution in [0.2, 0.25) is 0 Å². The van der Waals surface area contributed by atoms with E-state index in [1.165, 1.54) is 0 Å². The van der Waals surface area contributed by atoms with Gasteiger partial charge in [-0.05, 0) is 18.6 Å². The third kappa shape index (κ3) is 1.47. The Kier molecular flexibility index (Phi) is 2.61. The number of aliphatic hydroxyl groups excluding tert-OH is 1. The number of hydrogen-bond donors (Lipinski definition) is 2. The van der Waals surface area contributed by atoms with E-state index in [0.717, 1.165) is 18.6 Å². The summed E-state index contributed by atoms with van der Waals surface area (Å²) in [5.41, 5.74) is 5.95. The van der Waals surface area contributed by atoms with Crippen LogP contribution in [0, 0.1) is 0 Å². The zero-order chi connectivity index (χ0) is 7.61. The molecular weight excluding hydrogens is 146 g/mol. The van der Waals surface area contributed by atoms with E-state index in [4.69, 9.17) is 10.8 Å². The van der Waals surface area contributed by atoms with Crippen molar-refractivity contribution >= 4 is 11.8 Å². The maximum absolute atomic E-state index is 8.72. The highest BCUT2D eigenvalue weighted by molar-refractivity contribution is 8.00. The average Bonchev–Trinajstić information content (AvgIpc) is 2.15. The SMILES string of the molecule is CC1SCCC1(N)CCO. The van der Waals surface area contributed by atoms with Crippen LogP contribution < -0.4 is 5.73 Å². The fourth-order valence-electron chi connectivity index (χ4n) is 1.33. The molecule has 2 nitrogen and oxygen atoms in total. The van der Waals surface area contributed by atoms with E-state index >= 15 is 0 Å². The molecule has 3 N–H and O–H groups in total. The second kappa shape index (κ2) is 3.11. The van der Waals surface area contributed by atoms with E-state index in [2.05, 4.69) is 6.92 Å². The van der Waals surface area contributed by atoms with Crippen molar-refractivity contribution in [3.05, 3.63) is 0 Å². The maximum Gasteiger partial charge on any atom is 0.0448 e. The molecule has 1 saturated heterocycles. The summed E-state index contributed by atoms with van der Waals surface area (Å²) in [6.45, 7) is 2.37. The molecule has 0 aromatic rings. The summed E-state index contributed by atoms with van der Waals surface area (Å²) in [5.74, 6) is 1.15. The first kappa shape index (κ1) is 8.37. The molecule has 1 aliphatic heterocycles. The molecule has 0 aliphatic carbocycles. The number of thioether (sulfide) groups is 1. The summed E-state index contributed by atoms with van der Waals surface area (Å²) < 4.78 is 0. The lowest BCUT2D eigenvalue weighted by atomic mass is 9.91. The summed E-state index contributed by atoms with van der Waals surface area (Å²) >= 11 is 1.91. The van der Waals surface area contributed by atoms with Gasteiger partial charge < -0.3 is 10.8 Å². The third-order valence-electron chi connectivity index (χ3n) is 2.32. The van der Waals surface area contributed by atoms with Crippen molar-refractivity contribution in [2.45, 2.75) is 30.6 Å². The van der Waals surface area contributed by atoms with Crippen molar-refractivity contribution in [3.8, 4) is 0 Å². The number of hydrogen-bond acceptors (Lipinski definition) is 3. The molecule has 1 rings (SSSR count). The van der Waals surface area contributed by atoms with Crippen molar-refractivity contribution in [2.24, 2.45) is 5.73 Å². The summed E-state index contributed by atoms with van der Waals surface area (Å²) in [6, 6.07) is 0. The molecule has 10 heavy (non-hydrogen) atoms. The highest BCUT2D eigenvalue weighted by atomic mass is 32.2. The van der Waals surface area contributed by atoms with Crippen LogP contribution in [-0.4, -0.2) is 28.3 Å². The number of rotatable bonds is 2. The zero-order valence-corrected chi connectivity index (χ0v) is 7.16. The van der Waals surface area contributed by atoms with Crippen molar-refractivity contribution in [2.75, 3.05) is 12.4 Å². The monoisotopic (exact) mass is 161 g/mol. The molecule has 0 amide bonds. The minimum absolute atomic E-state index is 0.0839. The normalized spacial score (nSPS) is 40.5. The smallest absolute Gasteiger partial charge is 0.0448 e. The lowest BCUT2D eigenvalue weighted by Gasteiger charge is -2.26. The summed E-state index contributed by atoms with van der Waals surface area (Å²) in [4.78, 5) is 0. The molecule has 1 fully saturated rings. The molecule has 1 aliphatic rings. The number of nitrogens with two attached hydrogens (primary N) is 1. The average molecular weight is 161 g/mol. The molecule has 0 saturated carbocycles. The zero-order valence-electron chi connectivity index (χ0n) is 6.34. The van der Waals surface area contributed by atoms with Gasteiger partial charge in [-0.15, -0.1) is 0 Å². The largest absolute Gasteiger partial charge is 0.396 e. The van der Waals surface area contributed by atoms with E-state index in [1.807, 2.05) is 11.8 Å². The Balaban J connectivity index is 2.48. The first-order chi connectivity index (χ1) is 4.69. The van der Waals surface area contributed by atoms with Crippen LogP contribution in [0.4, 0.5) is 0 Å². The van der Waals surface area contributed by atoms with Crippen molar-refractivity contribution in [3.63, 3.8) is 0 Å². The molecule has 0 radical (unpaired) electrons. The van der Waals surface area contributed by atoms with Crippen LogP contribution in [0.1, 0.15) is 19.8 Å². The molecule has 0 bridgehead atoms. The highest BCUT2D eigenvalue weighted by Gasteiger charge is 2.36. The molecule has 0 spiro atoms. The van der Waals surface area contributed by atoms with Gasteiger partial charge in [-0.25, -0.2) is 0 Å².